The minimum absolute atomic E-state index is 0.583. The van der Waals surface area contributed by atoms with Crippen LogP contribution in [-0.2, 0) is 0 Å². The molecule has 0 bridgehead atoms. The first-order chi connectivity index (χ1) is 5.88. The van der Waals surface area contributed by atoms with Gasteiger partial charge < -0.3 is 11.5 Å². The topological polar surface area (TPSA) is 86.0 Å². The van der Waals surface area contributed by atoms with Crippen molar-refractivity contribution in [2.24, 2.45) is 11.5 Å². The fourth-order valence-electron chi connectivity index (χ4n) is 0.963. The molecule has 0 saturated carbocycles. The molecule has 6 heteroatoms. The Morgan fingerprint density at radius 3 is 2.33 bits per heavy atom. The summed E-state index contributed by atoms with van der Waals surface area (Å²) in [6.45, 7) is 2.64. The molecule has 1 heterocycles. The summed E-state index contributed by atoms with van der Waals surface area (Å²) < 4.78 is 0. The lowest BCUT2D eigenvalue weighted by Gasteiger charge is -2.21. The molecule has 0 radical (unpaired) electrons. The van der Waals surface area contributed by atoms with Gasteiger partial charge in [-0.25, -0.2) is 4.98 Å². The van der Waals surface area contributed by atoms with Gasteiger partial charge in [0, 0.05) is 26.2 Å². The van der Waals surface area contributed by atoms with E-state index in [4.69, 9.17) is 11.5 Å². The molecule has 12 heavy (non-hydrogen) atoms. The summed E-state index contributed by atoms with van der Waals surface area (Å²) in [4.78, 5) is 5.49. The van der Waals surface area contributed by atoms with Crippen molar-refractivity contribution in [2.75, 3.05) is 31.2 Å². The predicted octanol–water partition coefficient (Wildman–Crippen LogP) is -1.87. The fourth-order valence-corrected chi connectivity index (χ4v) is 0.963. The minimum atomic E-state index is 0.583. The Hall–Kier alpha value is -1.14. The summed E-state index contributed by atoms with van der Waals surface area (Å²) >= 11 is 0. The van der Waals surface area contributed by atoms with Gasteiger partial charge >= 0.3 is 0 Å². The summed E-state index contributed by atoms with van der Waals surface area (Å²) in [5, 5.41) is 5.91. The SMILES string of the molecule is NCCN(CCN)n1cncn1. The molecule has 1 aromatic rings. The third-order valence-electron chi connectivity index (χ3n) is 1.47. The van der Waals surface area contributed by atoms with E-state index < -0.39 is 0 Å². The molecule has 0 atom stereocenters. The lowest BCUT2D eigenvalue weighted by molar-refractivity contribution is 0.534. The first-order valence-electron chi connectivity index (χ1n) is 3.88. The molecule has 1 aromatic heterocycles. The zero-order valence-corrected chi connectivity index (χ0v) is 6.93. The molecule has 0 aromatic carbocycles. The Labute approximate surface area is 71.1 Å². The van der Waals surface area contributed by atoms with Gasteiger partial charge in [-0.05, 0) is 0 Å². The maximum atomic E-state index is 5.42. The van der Waals surface area contributed by atoms with Gasteiger partial charge in [0.1, 0.15) is 12.7 Å². The van der Waals surface area contributed by atoms with Crippen LogP contribution in [0.4, 0.5) is 0 Å². The van der Waals surface area contributed by atoms with Crippen molar-refractivity contribution < 1.29 is 0 Å². The Morgan fingerprint density at radius 2 is 1.92 bits per heavy atom. The van der Waals surface area contributed by atoms with E-state index in [-0.39, 0.29) is 0 Å². The van der Waals surface area contributed by atoms with Crippen molar-refractivity contribution in [1.29, 1.82) is 0 Å². The van der Waals surface area contributed by atoms with Crippen molar-refractivity contribution in [2.45, 2.75) is 0 Å². The second-order valence-corrected chi connectivity index (χ2v) is 2.35. The van der Waals surface area contributed by atoms with Crippen LogP contribution in [0, 0.1) is 0 Å². The van der Waals surface area contributed by atoms with Gasteiger partial charge in [0.15, 0.2) is 0 Å². The lowest BCUT2D eigenvalue weighted by Crippen LogP contribution is -2.42. The highest BCUT2D eigenvalue weighted by atomic mass is 15.7. The summed E-state index contributed by atoms with van der Waals surface area (Å²) in [5.41, 5.74) is 10.8. The highest BCUT2D eigenvalue weighted by Crippen LogP contribution is 1.84. The quantitative estimate of drug-likeness (QED) is 0.541. The molecular formula is C6H14N6. The molecule has 0 aliphatic carbocycles. The van der Waals surface area contributed by atoms with E-state index in [1.54, 1.807) is 11.1 Å². The maximum Gasteiger partial charge on any atom is 0.139 e. The number of nitrogens with zero attached hydrogens (tertiary/aromatic N) is 4. The average molecular weight is 170 g/mol. The van der Waals surface area contributed by atoms with Gasteiger partial charge in [-0.1, -0.05) is 0 Å². The largest absolute Gasteiger partial charge is 0.329 e. The Morgan fingerprint density at radius 1 is 1.25 bits per heavy atom. The summed E-state index contributed by atoms with van der Waals surface area (Å²) in [6.07, 6.45) is 3.12. The molecular weight excluding hydrogens is 156 g/mol. The van der Waals surface area contributed by atoms with E-state index in [1.807, 2.05) is 5.01 Å². The van der Waals surface area contributed by atoms with E-state index in [0.717, 1.165) is 13.1 Å². The van der Waals surface area contributed by atoms with Crippen LogP contribution in [0.2, 0.25) is 0 Å². The van der Waals surface area contributed by atoms with Crippen LogP contribution in [-0.4, -0.2) is 41.1 Å². The van der Waals surface area contributed by atoms with Crippen LogP contribution in [0.25, 0.3) is 0 Å². The molecule has 0 saturated heterocycles. The summed E-state index contributed by atoms with van der Waals surface area (Å²) in [5.74, 6) is 0. The van der Waals surface area contributed by atoms with Crippen molar-refractivity contribution in [1.82, 2.24) is 14.9 Å². The van der Waals surface area contributed by atoms with Crippen LogP contribution in [0.3, 0.4) is 0 Å². The van der Waals surface area contributed by atoms with Crippen LogP contribution < -0.4 is 16.5 Å². The van der Waals surface area contributed by atoms with Gasteiger partial charge in [0.25, 0.3) is 0 Å². The normalized spacial score (nSPS) is 10.2. The second-order valence-electron chi connectivity index (χ2n) is 2.35. The molecule has 0 aliphatic heterocycles. The third-order valence-corrected chi connectivity index (χ3v) is 1.47. The number of hydrogen-bond acceptors (Lipinski definition) is 5. The van der Waals surface area contributed by atoms with E-state index in [9.17, 15) is 0 Å². The maximum absolute atomic E-state index is 5.42. The number of hydrogen-bond donors (Lipinski definition) is 2. The van der Waals surface area contributed by atoms with Crippen LogP contribution in [0.5, 0.6) is 0 Å². The van der Waals surface area contributed by atoms with Gasteiger partial charge in [-0.2, -0.15) is 4.79 Å². The molecule has 0 fully saturated rings. The molecule has 0 amide bonds. The Balaban J connectivity index is 2.53. The third kappa shape index (κ3) is 2.18. The van der Waals surface area contributed by atoms with Crippen molar-refractivity contribution in [3.05, 3.63) is 12.7 Å². The molecule has 4 N–H and O–H groups in total. The molecule has 0 spiro atoms. The van der Waals surface area contributed by atoms with E-state index in [2.05, 4.69) is 10.1 Å². The van der Waals surface area contributed by atoms with E-state index in [0.29, 0.717) is 13.1 Å². The van der Waals surface area contributed by atoms with E-state index >= 15 is 0 Å². The summed E-state index contributed by atoms with van der Waals surface area (Å²) in [6, 6.07) is 0. The van der Waals surface area contributed by atoms with E-state index in [1.165, 1.54) is 6.33 Å². The predicted molar refractivity (Wildman–Crippen MR) is 46.1 cm³/mol. The van der Waals surface area contributed by atoms with Gasteiger partial charge in [0.2, 0.25) is 0 Å². The van der Waals surface area contributed by atoms with Gasteiger partial charge in [-0.3, -0.25) is 5.01 Å². The van der Waals surface area contributed by atoms with Gasteiger partial charge in [-0.15, -0.1) is 5.10 Å². The highest BCUT2D eigenvalue weighted by Gasteiger charge is 2.02. The fraction of sp³-hybridized carbons (Fsp3) is 0.667. The first-order valence-corrected chi connectivity index (χ1v) is 3.88. The van der Waals surface area contributed by atoms with Gasteiger partial charge in [0.05, 0.1) is 0 Å². The van der Waals surface area contributed by atoms with Crippen LogP contribution in [0.1, 0.15) is 0 Å². The van der Waals surface area contributed by atoms with Crippen molar-refractivity contribution >= 4 is 0 Å². The number of aromatic nitrogens is 3. The molecule has 1 rings (SSSR count). The monoisotopic (exact) mass is 170 g/mol. The Bertz CT molecular complexity index is 190. The smallest absolute Gasteiger partial charge is 0.139 e. The zero-order chi connectivity index (χ0) is 8.81. The number of rotatable bonds is 5. The van der Waals surface area contributed by atoms with Crippen LogP contribution in [0.15, 0.2) is 12.7 Å². The van der Waals surface area contributed by atoms with Crippen LogP contribution >= 0.6 is 0 Å². The van der Waals surface area contributed by atoms with Crippen molar-refractivity contribution in [3.8, 4) is 0 Å². The summed E-state index contributed by atoms with van der Waals surface area (Å²) in [7, 11) is 0. The Kier molecular flexibility index (Phi) is 3.49. The zero-order valence-electron chi connectivity index (χ0n) is 6.93. The standard InChI is InChI=1S/C6H14N6/c7-1-3-11(4-2-8)12-6-9-5-10-12/h5-6H,1-4,7-8H2. The lowest BCUT2D eigenvalue weighted by atomic mass is 10.5. The second kappa shape index (κ2) is 4.68. The first kappa shape index (κ1) is 8.95. The highest BCUT2D eigenvalue weighted by molar-refractivity contribution is 4.82. The minimum Gasteiger partial charge on any atom is -0.329 e. The molecule has 0 unspecified atom stereocenters. The molecule has 0 aliphatic rings. The molecule has 6 nitrogen and oxygen atoms in total. The average Bonchev–Trinajstić information content (AvgIpc) is 2.56. The van der Waals surface area contributed by atoms with Crippen molar-refractivity contribution in [3.63, 3.8) is 0 Å². The molecule has 68 valence electrons. The number of nitrogens with two attached hydrogens (primary N) is 2.